The number of nitrogens with zero attached hydrogens (tertiary/aromatic N) is 1. The predicted molar refractivity (Wildman–Crippen MR) is 66.5 cm³/mol. The van der Waals surface area contributed by atoms with Crippen LogP contribution in [0.3, 0.4) is 0 Å². The van der Waals surface area contributed by atoms with Gasteiger partial charge < -0.3 is 0 Å². The number of hydrogen-bond donors (Lipinski definition) is 0. The monoisotopic (exact) mass is 243 g/mol. The van der Waals surface area contributed by atoms with Crippen LogP contribution >= 0.6 is 0 Å². The lowest BCUT2D eigenvalue weighted by molar-refractivity contribution is -0.536. The molecule has 0 amide bonds. The summed E-state index contributed by atoms with van der Waals surface area (Å²) in [4.78, 5) is 22.5. The molecule has 3 rings (SSSR count). The first kappa shape index (κ1) is 11.1. The first-order valence-electron chi connectivity index (χ1n) is 6.09. The minimum absolute atomic E-state index is 0.147. The highest BCUT2D eigenvalue weighted by Crippen LogP contribution is 2.54. The van der Waals surface area contributed by atoms with E-state index in [1.807, 2.05) is 30.3 Å². The zero-order chi connectivity index (χ0) is 12.8. The molecule has 0 heterocycles. The Bertz CT molecular complexity index is 549. The highest BCUT2D eigenvalue weighted by Gasteiger charge is 2.63. The van der Waals surface area contributed by atoms with Gasteiger partial charge in [-0.3, -0.25) is 14.9 Å². The van der Waals surface area contributed by atoms with Gasteiger partial charge in [-0.1, -0.05) is 30.3 Å². The van der Waals surface area contributed by atoms with E-state index < -0.39 is 5.54 Å². The topological polar surface area (TPSA) is 60.2 Å². The molecular weight excluding hydrogens is 230 g/mol. The van der Waals surface area contributed by atoms with Crippen LogP contribution in [-0.4, -0.2) is 16.2 Å². The Morgan fingerprint density at radius 3 is 2.56 bits per heavy atom. The van der Waals surface area contributed by atoms with E-state index in [2.05, 4.69) is 0 Å². The SMILES string of the molecule is O=C1CC[C@H]([C@]2([N+](=O)[O-])C=C2c2ccccc2)C1. The molecule has 2 atom stereocenters. The maximum Gasteiger partial charge on any atom is 0.269 e. The molecule has 0 radical (unpaired) electrons. The maximum atomic E-state index is 11.4. The number of hydrogen-bond acceptors (Lipinski definition) is 3. The van der Waals surface area contributed by atoms with Crippen molar-refractivity contribution in [2.75, 3.05) is 0 Å². The Morgan fingerprint density at radius 2 is 2.00 bits per heavy atom. The second-order valence-corrected chi connectivity index (χ2v) is 4.98. The van der Waals surface area contributed by atoms with Crippen molar-refractivity contribution in [3.8, 4) is 0 Å². The number of nitro groups is 1. The van der Waals surface area contributed by atoms with E-state index >= 15 is 0 Å². The fraction of sp³-hybridized carbons (Fsp3) is 0.357. The van der Waals surface area contributed by atoms with Crippen molar-refractivity contribution in [1.82, 2.24) is 0 Å². The fourth-order valence-corrected chi connectivity index (χ4v) is 2.94. The molecule has 18 heavy (non-hydrogen) atoms. The summed E-state index contributed by atoms with van der Waals surface area (Å²) in [6.07, 6.45) is 3.17. The molecule has 4 heteroatoms. The number of benzene rings is 1. The molecule has 1 aromatic carbocycles. The molecule has 0 saturated heterocycles. The minimum atomic E-state index is -1.08. The smallest absolute Gasteiger partial charge is 0.269 e. The van der Waals surface area contributed by atoms with Crippen LogP contribution in [0, 0.1) is 16.0 Å². The summed E-state index contributed by atoms with van der Waals surface area (Å²) in [5.74, 6) is -0.0101. The summed E-state index contributed by atoms with van der Waals surface area (Å²) in [5, 5.41) is 11.4. The molecule has 2 aliphatic carbocycles. The number of Topliss-reactive ketones (excluding diaryl/α,β-unsaturated/α-hetero) is 1. The second kappa shape index (κ2) is 3.77. The Kier molecular flexibility index (Phi) is 2.33. The van der Waals surface area contributed by atoms with E-state index in [9.17, 15) is 14.9 Å². The second-order valence-electron chi connectivity index (χ2n) is 4.98. The van der Waals surface area contributed by atoms with Gasteiger partial charge in [0, 0.05) is 35.3 Å². The van der Waals surface area contributed by atoms with Crippen LogP contribution in [0.2, 0.25) is 0 Å². The van der Waals surface area contributed by atoms with E-state index in [-0.39, 0.29) is 16.6 Å². The highest BCUT2D eigenvalue weighted by molar-refractivity contribution is 5.90. The molecule has 0 bridgehead atoms. The molecule has 2 aliphatic rings. The third-order valence-corrected chi connectivity index (χ3v) is 3.97. The minimum Gasteiger partial charge on any atom is -0.300 e. The molecule has 0 spiro atoms. The van der Waals surface area contributed by atoms with Gasteiger partial charge in [0.15, 0.2) is 0 Å². The zero-order valence-electron chi connectivity index (χ0n) is 9.83. The summed E-state index contributed by atoms with van der Waals surface area (Å²) in [7, 11) is 0. The highest BCUT2D eigenvalue weighted by atomic mass is 16.6. The third kappa shape index (κ3) is 1.49. The van der Waals surface area contributed by atoms with Crippen molar-refractivity contribution in [3.63, 3.8) is 0 Å². The molecular formula is C14H13NO3. The molecule has 0 aromatic heterocycles. The molecule has 0 unspecified atom stereocenters. The molecule has 1 aromatic rings. The van der Waals surface area contributed by atoms with Crippen molar-refractivity contribution < 1.29 is 9.72 Å². The lowest BCUT2D eigenvalue weighted by Crippen LogP contribution is -2.33. The molecule has 4 nitrogen and oxygen atoms in total. The van der Waals surface area contributed by atoms with Gasteiger partial charge in [0.25, 0.3) is 5.54 Å². The average molecular weight is 243 g/mol. The molecule has 92 valence electrons. The van der Waals surface area contributed by atoms with Crippen molar-refractivity contribution in [3.05, 3.63) is 52.1 Å². The number of carbonyl (C=O) groups excluding carboxylic acids is 1. The van der Waals surface area contributed by atoms with Crippen LogP contribution in [0.5, 0.6) is 0 Å². The Morgan fingerprint density at radius 1 is 1.28 bits per heavy atom. The first-order chi connectivity index (χ1) is 8.64. The molecule has 1 saturated carbocycles. The van der Waals surface area contributed by atoms with Gasteiger partial charge in [-0.05, 0) is 12.0 Å². The van der Waals surface area contributed by atoms with Gasteiger partial charge in [-0.25, -0.2) is 0 Å². The molecule has 0 aliphatic heterocycles. The van der Waals surface area contributed by atoms with Gasteiger partial charge in [0.05, 0.1) is 0 Å². The Balaban J connectivity index is 1.90. The lowest BCUT2D eigenvalue weighted by Gasteiger charge is -2.16. The van der Waals surface area contributed by atoms with Crippen LogP contribution in [0.25, 0.3) is 5.57 Å². The average Bonchev–Trinajstić information content (AvgIpc) is 3.00. The quantitative estimate of drug-likeness (QED) is 0.605. The van der Waals surface area contributed by atoms with Crippen molar-refractivity contribution in [1.29, 1.82) is 0 Å². The number of carbonyl (C=O) groups is 1. The van der Waals surface area contributed by atoms with Crippen LogP contribution in [-0.2, 0) is 4.79 Å². The van der Waals surface area contributed by atoms with Gasteiger partial charge in [-0.15, -0.1) is 0 Å². The zero-order valence-corrected chi connectivity index (χ0v) is 9.83. The maximum absolute atomic E-state index is 11.4. The fourth-order valence-electron chi connectivity index (χ4n) is 2.94. The Labute approximate surface area is 104 Å². The van der Waals surface area contributed by atoms with Gasteiger partial charge >= 0.3 is 0 Å². The van der Waals surface area contributed by atoms with Crippen molar-refractivity contribution in [2.45, 2.75) is 24.8 Å². The normalized spacial score (nSPS) is 30.1. The lowest BCUT2D eigenvalue weighted by atomic mass is 9.89. The third-order valence-electron chi connectivity index (χ3n) is 3.97. The van der Waals surface area contributed by atoms with Crippen LogP contribution < -0.4 is 0 Å². The molecule has 0 N–H and O–H groups in total. The van der Waals surface area contributed by atoms with Crippen molar-refractivity contribution >= 4 is 11.4 Å². The van der Waals surface area contributed by atoms with Gasteiger partial charge in [0.2, 0.25) is 0 Å². The summed E-state index contributed by atoms with van der Waals surface area (Å²) in [6.45, 7) is 0. The summed E-state index contributed by atoms with van der Waals surface area (Å²) >= 11 is 0. The van der Waals surface area contributed by atoms with E-state index in [0.29, 0.717) is 19.3 Å². The summed E-state index contributed by atoms with van der Waals surface area (Å²) in [5.41, 5.74) is 0.592. The van der Waals surface area contributed by atoms with Crippen LogP contribution in [0.15, 0.2) is 36.4 Å². The summed E-state index contributed by atoms with van der Waals surface area (Å²) < 4.78 is 0. The van der Waals surface area contributed by atoms with Crippen molar-refractivity contribution in [2.24, 2.45) is 5.92 Å². The van der Waals surface area contributed by atoms with E-state index in [4.69, 9.17) is 0 Å². The number of rotatable bonds is 3. The summed E-state index contributed by atoms with van der Waals surface area (Å²) in [6, 6.07) is 9.40. The van der Waals surface area contributed by atoms with E-state index in [0.717, 1.165) is 11.1 Å². The van der Waals surface area contributed by atoms with Crippen LogP contribution in [0.1, 0.15) is 24.8 Å². The molecule has 1 fully saturated rings. The first-order valence-corrected chi connectivity index (χ1v) is 6.09. The van der Waals surface area contributed by atoms with Gasteiger partial charge in [-0.2, -0.15) is 0 Å². The van der Waals surface area contributed by atoms with Gasteiger partial charge in [0.1, 0.15) is 5.78 Å². The number of ketones is 1. The van der Waals surface area contributed by atoms with Crippen LogP contribution in [0.4, 0.5) is 0 Å². The Hall–Kier alpha value is -1.97. The largest absolute Gasteiger partial charge is 0.300 e. The predicted octanol–water partition coefficient (Wildman–Crippen LogP) is 2.47. The standard InChI is InChI=1S/C14H13NO3/c16-12-7-6-11(8-12)14(15(17)18)9-13(14)10-4-2-1-3-5-10/h1-5,9,11H,6-8H2/t11-,14+/m0/s1. The van der Waals surface area contributed by atoms with E-state index in [1.165, 1.54) is 0 Å². The van der Waals surface area contributed by atoms with E-state index in [1.54, 1.807) is 6.08 Å².